The molecule has 5 rings (SSSR count). The van der Waals surface area contributed by atoms with Crippen LogP contribution in [0.1, 0.15) is 31.4 Å². The lowest BCUT2D eigenvalue weighted by Gasteiger charge is -2.34. The summed E-state index contributed by atoms with van der Waals surface area (Å²) < 4.78 is 56.3. The monoisotopic (exact) mass is 489 g/mol. The number of anilines is 3. The number of aromatic nitrogens is 4. The number of aryl methyl sites for hydroxylation is 1. The average molecular weight is 490 g/mol. The van der Waals surface area contributed by atoms with Gasteiger partial charge in [0.15, 0.2) is 0 Å². The zero-order chi connectivity index (χ0) is 24.8. The lowest BCUT2D eigenvalue weighted by atomic mass is 10.1. The normalized spacial score (nSPS) is 19.7. The van der Waals surface area contributed by atoms with Crippen molar-refractivity contribution in [3.05, 3.63) is 42.4 Å². The molecule has 0 aliphatic carbocycles. The maximum absolute atomic E-state index is 13.7. The molecule has 2 N–H and O–H groups in total. The third kappa shape index (κ3) is 5.03. The van der Waals surface area contributed by atoms with Gasteiger partial charge in [-0.25, -0.2) is 32.2 Å². The van der Waals surface area contributed by atoms with E-state index in [2.05, 4.69) is 15.1 Å². The first-order valence-corrected chi connectivity index (χ1v) is 11.6. The Morgan fingerprint density at radius 2 is 1.46 bits per heavy atom. The average Bonchev–Trinajstić information content (AvgIpc) is 3.29. The van der Waals surface area contributed by atoms with Crippen molar-refractivity contribution in [2.45, 2.75) is 44.5 Å². The minimum atomic E-state index is -2.65. The van der Waals surface area contributed by atoms with Crippen LogP contribution in [0.2, 0.25) is 0 Å². The molecule has 7 nitrogen and oxygen atoms in total. The third-order valence-corrected chi connectivity index (χ3v) is 6.58. The van der Waals surface area contributed by atoms with E-state index in [-0.39, 0.29) is 51.9 Å². The van der Waals surface area contributed by atoms with Crippen LogP contribution in [0.5, 0.6) is 0 Å². The lowest BCUT2D eigenvalue weighted by Crippen LogP contribution is -2.40. The highest BCUT2D eigenvalue weighted by Crippen LogP contribution is 2.35. The Labute approximate surface area is 200 Å². The number of halogens is 4. The van der Waals surface area contributed by atoms with E-state index in [1.54, 1.807) is 27.9 Å². The van der Waals surface area contributed by atoms with Gasteiger partial charge in [0, 0.05) is 75.0 Å². The minimum absolute atomic E-state index is 0.193. The van der Waals surface area contributed by atoms with Gasteiger partial charge in [-0.1, -0.05) is 0 Å². The summed E-state index contributed by atoms with van der Waals surface area (Å²) in [7, 11) is 0. The fraction of sp³-hybridized carbons (Fsp3) is 0.458. The molecule has 2 fully saturated rings. The van der Waals surface area contributed by atoms with Crippen molar-refractivity contribution in [3.8, 4) is 16.9 Å². The van der Waals surface area contributed by atoms with Gasteiger partial charge in [0.05, 0.1) is 23.3 Å². The Kier molecular flexibility index (Phi) is 5.80. The maximum Gasteiger partial charge on any atom is 0.251 e. The molecule has 35 heavy (non-hydrogen) atoms. The molecule has 2 aliphatic heterocycles. The molecule has 1 aromatic carbocycles. The van der Waals surface area contributed by atoms with E-state index in [9.17, 15) is 17.6 Å². The number of alkyl halides is 4. The quantitative estimate of drug-likeness (QED) is 0.423. The van der Waals surface area contributed by atoms with E-state index < -0.39 is 11.8 Å². The summed E-state index contributed by atoms with van der Waals surface area (Å²) in [6.45, 7) is 2.67. The molecule has 2 aromatic heterocycles. The Balaban J connectivity index is 1.43. The van der Waals surface area contributed by atoms with Crippen LogP contribution in [0, 0.1) is 6.92 Å². The fourth-order valence-electron chi connectivity index (χ4n) is 4.53. The summed E-state index contributed by atoms with van der Waals surface area (Å²) in [5, 5.41) is 4.50. The molecule has 2 aliphatic rings. The molecule has 0 atom stereocenters. The van der Waals surface area contributed by atoms with Crippen LogP contribution in [0.4, 0.5) is 34.9 Å². The molecule has 2 saturated heterocycles. The number of rotatable bonds is 4. The van der Waals surface area contributed by atoms with E-state index in [0.717, 1.165) is 22.6 Å². The Hall–Kier alpha value is -3.37. The van der Waals surface area contributed by atoms with Crippen LogP contribution in [0.25, 0.3) is 16.9 Å². The first-order valence-electron chi connectivity index (χ1n) is 11.6. The number of hydrogen-bond donors (Lipinski definition) is 1. The number of nitrogens with zero attached hydrogens (tertiary/aromatic N) is 6. The van der Waals surface area contributed by atoms with E-state index >= 15 is 0 Å². The molecule has 0 saturated carbocycles. The van der Waals surface area contributed by atoms with Gasteiger partial charge in [-0.3, -0.25) is 0 Å². The van der Waals surface area contributed by atoms with Crippen LogP contribution in [-0.2, 0) is 0 Å². The number of benzene rings is 1. The Morgan fingerprint density at radius 1 is 0.829 bits per heavy atom. The molecular formula is C24H27F4N7. The maximum atomic E-state index is 13.7. The summed E-state index contributed by atoms with van der Waals surface area (Å²) in [4.78, 5) is 12.8. The molecule has 4 heterocycles. The molecule has 0 amide bonds. The first kappa shape index (κ1) is 23.4. The summed E-state index contributed by atoms with van der Waals surface area (Å²) in [5.74, 6) is -4.88. The standard InChI is InChI=1S/C24H27F4N7/c1-16-12-19(32-22(31-16)34-10-6-24(27,28)7-11-34)17-14-30-35(15-17)20-3-2-18(29)13-21(20)33-8-4-23(25,26)5-9-33/h2-3,12-15H,4-11,29H2,1H3. The molecule has 3 aromatic rings. The van der Waals surface area contributed by atoms with Crippen LogP contribution in [0.3, 0.4) is 0 Å². The molecule has 0 unspecified atom stereocenters. The SMILES string of the molecule is Cc1cc(-c2cnn(-c3ccc(N)cc3N3CCC(F)(F)CC3)c2)nc(N2CCC(F)(F)CC2)n1. The van der Waals surface area contributed by atoms with Gasteiger partial charge < -0.3 is 15.5 Å². The predicted molar refractivity (Wildman–Crippen MR) is 127 cm³/mol. The number of nitrogens with two attached hydrogens (primary N) is 1. The van der Waals surface area contributed by atoms with E-state index in [1.165, 1.54) is 0 Å². The predicted octanol–water partition coefficient (Wildman–Crippen LogP) is 4.69. The van der Waals surface area contributed by atoms with Gasteiger partial charge in [0.2, 0.25) is 5.95 Å². The summed E-state index contributed by atoms with van der Waals surface area (Å²) >= 11 is 0. The van der Waals surface area contributed by atoms with E-state index in [4.69, 9.17) is 5.73 Å². The summed E-state index contributed by atoms with van der Waals surface area (Å²) in [6, 6.07) is 7.16. The van der Waals surface area contributed by atoms with Gasteiger partial charge in [-0.05, 0) is 31.2 Å². The van der Waals surface area contributed by atoms with Crippen LogP contribution >= 0.6 is 0 Å². The highest BCUT2D eigenvalue weighted by molar-refractivity contribution is 5.69. The van der Waals surface area contributed by atoms with Crippen molar-refractivity contribution in [2.75, 3.05) is 41.7 Å². The Morgan fingerprint density at radius 3 is 2.11 bits per heavy atom. The number of hydrogen-bond acceptors (Lipinski definition) is 6. The van der Waals surface area contributed by atoms with Crippen LogP contribution < -0.4 is 15.5 Å². The summed E-state index contributed by atoms with van der Waals surface area (Å²) in [6.07, 6.45) is 2.61. The smallest absolute Gasteiger partial charge is 0.251 e. The largest absolute Gasteiger partial charge is 0.399 e. The van der Waals surface area contributed by atoms with Crippen molar-refractivity contribution in [1.29, 1.82) is 0 Å². The highest BCUT2D eigenvalue weighted by Gasteiger charge is 2.36. The molecule has 0 radical (unpaired) electrons. The van der Waals surface area contributed by atoms with E-state index in [0.29, 0.717) is 17.3 Å². The van der Waals surface area contributed by atoms with Gasteiger partial charge in [0.1, 0.15) is 0 Å². The lowest BCUT2D eigenvalue weighted by molar-refractivity contribution is -0.0228. The number of piperidine rings is 2. The zero-order valence-electron chi connectivity index (χ0n) is 19.4. The number of nitrogen functional groups attached to an aromatic ring is 1. The molecule has 0 bridgehead atoms. The van der Waals surface area contributed by atoms with Crippen molar-refractivity contribution in [1.82, 2.24) is 19.7 Å². The van der Waals surface area contributed by atoms with Crippen LogP contribution in [-0.4, -0.2) is 57.8 Å². The highest BCUT2D eigenvalue weighted by atomic mass is 19.3. The Bertz CT molecular complexity index is 1210. The minimum Gasteiger partial charge on any atom is -0.399 e. The molecule has 11 heteroatoms. The van der Waals surface area contributed by atoms with Gasteiger partial charge in [-0.15, -0.1) is 0 Å². The zero-order valence-corrected chi connectivity index (χ0v) is 19.4. The summed E-state index contributed by atoms with van der Waals surface area (Å²) in [5.41, 5.74) is 10.1. The van der Waals surface area contributed by atoms with Gasteiger partial charge in [-0.2, -0.15) is 5.10 Å². The second-order valence-electron chi connectivity index (χ2n) is 9.30. The topological polar surface area (TPSA) is 76.1 Å². The molecular weight excluding hydrogens is 462 g/mol. The molecule has 186 valence electrons. The van der Waals surface area contributed by atoms with Gasteiger partial charge in [0.25, 0.3) is 11.8 Å². The van der Waals surface area contributed by atoms with Crippen molar-refractivity contribution in [2.24, 2.45) is 0 Å². The second-order valence-corrected chi connectivity index (χ2v) is 9.30. The van der Waals surface area contributed by atoms with Crippen molar-refractivity contribution >= 4 is 17.3 Å². The van der Waals surface area contributed by atoms with E-state index in [1.807, 2.05) is 30.2 Å². The van der Waals surface area contributed by atoms with Gasteiger partial charge >= 0.3 is 0 Å². The second kappa shape index (κ2) is 8.69. The van der Waals surface area contributed by atoms with Crippen molar-refractivity contribution < 1.29 is 17.6 Å². The fourth-order valence-corrected chi connectivity index (χ4v) is 4.53. The first-order chi connectivity index (χ1) is 16.6. The molecule has 0 spiro atoms. The van der Waals surface area contributed by atoms with Crippen LogP contribution in [0.15, 0.2) is 36.7 Å². The van der Waals surface area contributed by atoms with Crippen molar-refractivity contribution in [3.63, 3.8) is 0 Å². The third-order valence-electron chi connectivity index (χ3n) is 6.58.